The fraction of sp³-hybridized carbons (Fsp3) is 0.625. The number of halogens is 1. The van der Waals surface area contributed by atoms with Crippen molar-refractivity contribution in [3.8, 4) is 11.6 Å². The zero-order valence-corrected chi connectivity index (χ0v) is 33.7. The molecular weight excluding hydrogens is 746 g/mol. The van der Waals surface area contributed by atoms with Crippen LogP contribution >= 0.6 is 0 Å². The van der Waals surface area contributed by atoms with Crippen molar-refractivity contribution in [1.29, 1.82) is 0 Å². The number of pyridine rings is 1. The fourth-order valence-corrected chi connectivity index (χ4v) is 9.18. The molecule has 0 bridgehead atoms. The molecule has 6 rings (SSSR count). The summed E-state index contributed by atoms with van der Waals surface area (Å²) in [6.45, 7) is 11.1. The number of allylic oxidation sites excluding steroid dienone is 1. The second kappa shape index (κ2) is 16.2. The van der Waals surface area contributed by atoms with E-state index in [2.05, 4.69) is 27.3 Å². The predicted molar refractivity (Wildman–Crippen MR) is 206 cm³/mol. The number of ether oxygens (including phenoxy) is 3. The third kappa shape index (κ3) is 9.21. The van der Waals surface area contributed by atoms with Crippen molar-refractivity contribution in [2.75, 3.05) is 13.2 Å². The number of carbonyl (C=O) groups is 4. The lowest BCUT2D eigenvalue weighted by Gasteiger charge is -2.34. The largest absolute Gasteiger partial charge is 0.491 e. The number of aromatic nitrogens is 1. The molecule has 1 aromatic heterocycles. The van der Waals surface area contributed by atoms with Crippen molar-refractivity contribution in [1.82, 2.24) is 25.2 Å². The van der Waals surface area contributed by atoms with Crippen molar-refractivity contribution in [2.24, 2.45) is 17.8 Å². The topological polar surface area (TPSA) is 182 Å². The number of nitrogens with one attached hydrogen (secondary N) is 3. The summed E-state index contributed by atoms with van der Waals surface area (Å²) in [5, 5.41) is 6.00. The highest BCUT2D eigenvalue weighted by Gasteiger charge is 2.62. The van der Waals surface area contributed by atoms with Gasteiger partial charge in [0.1, 0.15) is 29.3 Å². The van der Waals surface area contributed by atoms with Gasteiger partial charge in [0.15, 0.2) is 11.6 Å². The second-order valence-corrected chi connectivity index (χ2v) is 18.6. The molecule has 2 aromatic rings. The van der Waals surface area contributed by atoms with E-state index in [4.69, 9.17) is 14.2 Å². The lowest BCUT2D eigenvalue weighted by Crippen LogP contribution is -2.59. The molecule has 16 heteroatoms. The molecule has 2 aliphatic carbocycles. The Hall–Kier alpha value is -4.47. The molecule has 14 nitrogen and oxygen atoms in total. The summed E-state index contributed by atoms with van der Waals surface area (Å²) in [6, 6.07) is 2.23. The first-order valence-electron chi connectivity index (χ1n) is 19.7. The highest BCUT2D eigenvalue weighted by atomic mass is 32.2. The fourth-order valence-electron chi connectivity index (χ4n) is 7.82. The van der Waals surface area contributed by atoms with E-state index >= 15 is 4.39 Å². The SMILES string of the molecule is CCOc1cc2ccnc(O[C@@H]3C[C@H]4C(=O)N[C@]5(C(=O)NS(=O)(=O)C6CC6)C[C@H]5/C=C\CC[C@@H](C)C[C@@H](CC)[C@H](NC(=O)OC(C)(C)C)C(=O)N4C3)c2cc1F. The van der Waals surface area contributed by atoms with Gasteiger partial charge >= 0.3 is 6.09 Å². The molecule has 0 unspecified atom stereocenters. The van der Waals surface area contributed by atoms with E-state index < -0.39 is 80.2 Å². The first-order valence-corrected chi connectivity index (χ1v) is 21.2. The number of fused-ring (bicyclic) bond motifs is 3. The highest BCUT2D eigenvalue weighted by Crippen LogP contribution is 2.46. The lowest BCUT2D eigenvalue weighted by atomic mass is 9.85. The Kier molecular flexibility index (Phi) is 11.9. The minimum atomic E-state index is -3.93. The van der Waals surface area contributed by atoms with Crippen LogP contribution in [0.5, 0.6) is 11.6 Å². The summed E-state index contributed by atoms with van der Waals surface area (Å²) in [7, 11) is -3.93. The Morgan fingerprint density at radius 2 is 1.88 bits per heavy atom. The van der Waals surface area contributed by atoms with Crippen molar-refractivity contribution in [3.05, 3.63) is 42.4 Å². The van der Waals surface area contributed by atoms with Gasteiger partial charge in [0.05, 0.1) is 18.4 Å². The van der Waals surface area contributed by atoms with Crippen molar-refractivity contribution < 1.29 is 46.2 Å². The molecular formula is C40H54FN5O9S. The first kappa shape index (κ1) is 41.2. The molecule has 2 aliphatic heterocycles. The highest BCUT2D eigenvalue weighted by molar-refractivity contribution is 7.91. The molecule has 1 saturated heterocycles. The van der Waals surface area contributed by atoms with Crippen LogP contribution in [-0.2, 0) is 29.1 Å². The number of carbonyl (C=O) groups excluding carboxylic acids is 4. The van der Waals surface area contributed by atoms with E-state index in [0.717, 1.165) is 6.42 Å². The van der Waals surface area contributed by atoms with Gasteiger partial charge < -0.3 is 29.7 Å². The van der Waals surface area contributed by atoms with E-state index in [9.17, 15) is 27.6 Å². The minimum Gasteiger partial charge on any atom is -0.491 e. The van der Waals surface area contributed by atoms with Crippen LogP contribution < -0.4 is 24.8 Å². The third-order valence-corrected chi connectivity index (χ3v) is 12.8. The summed E-state index contributed by atoms with van der Waals surface area (Å²) in [4.78, 5) is 62.2. The van der Waals surface area contributed by atoms with E-state index in [1.54, 1.807) is 39.8 Å². The number of benzene rings is 1. The molecule has 56 heavy (non-hydrogen) atoms. The zero-order valence-electron chi connectivity index (χ0n) is 32.9. The van der Waals surface area contributed by atoms with Crippen LogP contribution in [0, 0.1) is 23.6 Å². The monoisotopic (exact) mass is 799 g/mol. The minimum absolute atomic E-state index is 0.0416. The van der Waals surface area contributed by atoms with Crippen LogP contribution in [0.25, 0.3) is 10.8 Å². The van der Waals surface area contributed by atoms with Gasteiger partial charge in [-0.3, -0.25) is 19.1 Å². The molecule has 4 amide bonds. The van der Waals surface area contributed by atoms with E-state index in [0.29, 0.717) is 42.9 Å². The van der Waals surface area contributed by atoms with Crippen LogP contribution in [-0.4, -0.2) is 89.8 Å². The van der Waals surface area contributed by atoms with Crippen LogP contribution in [0.1, 0.15) is 92.9 Å². The van der Waals surface area contributed by atoms with E-state index in [1.807, 2.05) is 19.1 Å². The maximum atomic E-state index is 15.1. The normalized spacial score (nSPS) is 29.2. The average molecular weight is 800 g/mol. The van der Waals surface area contributed by atoms with Gasteiger partial charge in [-0.25, -0.2) is 22.6 Å². The molecule has 3 fully saturated rings. The molecule has 0 radical (unpaired) electrons. The van der Waals surface area contributed by atoms with Gasteiger partial charge in [-0.15, -0.1) is 0 Å². The predicted octanol–water partition coefficient (Wildman–Crippen LogP) is 4.90. The van der Waals surface area contributed by atoms with E-state index in [-0.39, 0.29) is 49.5 Å². The summed E-state index contributed by atoms with van der Waals surface area (Å²) in [5.74, 6) is -3.15. The smallest absolute Gasteiger partial charge is 0.408 e. The molecule has 3 heterocycles. The molecule has 306 valence electrons. The lowest BCUT2D eigenvalue weighted by molar-refractivity contribution is -0.142. The van der Waals surface area contributed by atoms with Crippen LogP contribution in [0.15, 0.2) is 36.5 Å². The standard InChI is InChI=1S/C40H54FN5O9S/c1-7-24-17-23(3)11-9-10-12-26-21-40(26,37(49)45-56(51,52)28-13-14-28)44-34(47)31-19-27(22-46(31)36(48)33(24)43-38(50)55-39(4,5)6)54-35-29-20-30(41)32(53-8-2)18-25(29)15-16-42-35/h10,12,15-16,18,20,23-24,26-28,31,33H,7-9,11,13-14,17,19,21-22H2,1-6H3,(H,43,50)(H,44,47)(H,45,49)/b12-10-/t23-,24-,26-,27-,31+,33+,40-/m1/s1. The Labute approximate surface area is 327 Å². The maximum absolute atomic E-state index is 15.1. The van der Waals surface area contributed by atoms with Crippen LogP contribution in [0.2, 0.25) is 0 Å². The number of rotatable bonds is 9. The number of hydrogen-bond donors (Lipinski definition) is 3. The number of nitrogens with zero attached hydrogens (tertiary/aromatic N) is 2. The van der Waals surface area contributed by atoms with Gasteiger partial charge in [-0.2, -0.15) is 0 Å². The van der Waals surface area contributed by atoms with Gasteiger partial charge in [0.25, 0.3) is 5.91 Å². The van der Waals surface area contributed by atoms with Gasteiger partial charge in [-0.05, 0) is 102 Å². The summed E-state index contributed by atoms with van der Waals surface area (Å²) >= 11 is 0. The number of alkyl carbamates (subject to hydrolysis) is 1. The van der Waals surface area contributed by atoms with Gasteiger partial charge in [0.2, 0.25) is 27.7 Å². The number of amides is 4. The summed E-state index contributed by atoms with van der Waals surface area (Å²) < 4.78 is 60.4. The second-order valence-electron chi connectivity index (χ2n) is 16.6. The molecule has 3 N–H and O–H groups in total. The van der Waals surface area contributed by atoms with Crippen molar-refractivity contribution in [3.63, 3.8) is 0 Å². The number of hydrogen-bond acceptors (Lipinski definition) is 10. The van der Waals surface area contributed by atoms with Gasteiger partial charge in [0, 0.05) is 23.9 Å². The van der Waals surface area contributed by atoms with Crippen molar-refractivity contribution >= 4 is 44.6 Å². The third-order valence-electron chi connectivity index (χ3n) is 11.0. The quantitative estimate of drug-likeness (QED) is 0.295. The Morgan fingerprint density at radius 3 is 2.55 bits per heavy atom. The number of sulfonamides is 1. The first-order chi connectivity index (χ1) is 26.4. The Bertz CT molecular complexity index is 1980. The Morgan fingerprint density at radius 1 is 1.12 bits per heavy atom. The van der Waals surface area contributed by atoms with Crippen LogP contribution in [0.3, 0.4) is 0 Å². The molecule has 0 spiro atoms. The van der Waals surface area contributed by atoms with Crippen molar-refractivity contribution in [2.45, 2.75) is 127 Å². The summed E-state index contributed by atoms with van der Waals surface area (Å²) in [6.07, 6.45) is 7.27. The molecule has 7 atom stereocenters. The maximum Gasteiger partial charge on any atom is 0.408 e. The average Bonchev–Trinajstić information content (AvgIpc) is 4.05. The summed E-state index contributed by atoms with van der Waals surface area (Å²) in [5.41, 5.74) is -2.40. The molecule has 2 saturated carbocycles. The molecule has 1 aromatic carbocycles. The van der Waals surface area contributed by atoms with E-state index in [1.165, 1.54) is 17.2 Å². The zero-order chi connectivity index (χ0) is 40.6. The van der Waals surface area contributed by atoms with Gasteiger partial charge in [-0.1, -0.05) is 32.4 Å². The Balaban J connectivity index is 1.36. The molecule has 4 aliphatic rings. The van der Waals surface area contributed by atoms with Crippen LogP contribution in [0.4, 0.5) is 9.18 Å².